The Bertz CT molecular complexity index is 623. The molecule has 0 spiro atoms. The minimum Gasteiger partial charge on any atom is -0.192 e. The summed E-state index contributed by atoms with van der Waals surface area (Å²) in [6.07, 6.45) is 0.978. The monoisotopic (exact) mass is 347 g/mol. The van der Waals surface area contributed by atoms with Crippen LogP contribution in [0.2, 0.25) is 0 Å². The van der Waals surface area contributed by atoms with Crippen LogP contribution in [-0.2, 0) is 6.42 Å². The molecule has 2 aromatic rings. The highest BCUT2D eigenvalue weighted by molar-refractivity contribution is 14.1. The maximum absolute atomic E-state index is 9.04. The summed E-state index contributed by atoms with van der Waals surface area (Å²) in [4.78, 5) is 0. The lowest BCUT2D eigenvalue weighted by Gasteiger charge is -2.12. The van der Waals surface area contributed by atoms with Crippen LogP contribution in [0.1, 0.15) is 23.6 Å². The number of nitrogens with zero attached hydrogens (tertiary/aromatic N) is 1. The fraction of sp³-hybridized carbons (Fsp3) is 0.188. The predicted octanol–water partition coefficient (Wildman–Crippen LogP) is 4.70. The standard InChI is InChI=1S/C16H14IN/c1-3-13-6-5-12(10-18)8-16(13)15-9-14(17)7-4-11(15)2/h4-9H,3H2,1-2H3. The zero-order valence-corrected chi connectivity index (χ0v) is 12.7. The second-order valence-corrected chi connectivity index (χ2v) is 5.54. The molecule has 0 aliphatic rings. The Morgan fingerprint density at radius 2 is 1.89 bits per heavy atom. The van der Waals surface area contributed by atoms with Crippen molar-refractivity contribution in [1.29, 1.82) is 5.26 Å². The number of hydrogen-bond donors (Lipinski definition) is 0. The summed E-state index contributed by atoms with van der Waals surface area (Å²) in [5.41, 5.74) is 5.68. The van der Waals surface area contributed by atoms with Crippen molar-refractivity contribution in [2.24, 2.45) is 0 Å². The average Bonchev–Trinajstić information content (AvgIpc) is 2.40. The van der Waals surface area contributed by atoms with E-state index in [9.17, 15) is 0 Å². The maximum atomic E-state index is 9.04. The van der Waals surface area contributed by atoms with Gasteiger partial charge in [0.05, 0.1) is 11.6 Å². The topological polar surface area (TPSA) is 23.8 Å². The van der Waals surface area contributed by atoms with E-state index in [-0.39, 0.29) is 0 Å². The van der Waals surface area contributed by atoms with E-state index in [1.54, 1.807) is 0 Å². The van der Waals surface area contributed by atoms with Gasteiger partial charge in [0.2, 0.25) is 0 Å². The Balaban J connectivity index is 2.69. The molecule has 0 heterocycles. The van der Waals surface area contributed by atoms with Crippen molar-refractivity contribution in [2.45, 2.75) is 20.3 Å². The molecule has 18 heavy (non-hydrogen) atoms. The highest BCUT2D eigenvalue weighted by atomic mass is 127. The first-order valence-electron chi connectivity index (χ1n) is 5.95. The number of rotatable bonds is 2. The van der Waals surface area contributed by atoms with Crippen molar-refractivity contribution in [3.05, 3.63) is 56.7 Å². The minimum atomic E-state index is 0.723. The molecule has 0 bridgehead atoms. The second-order valence-electron chi connectivity index (χ2n) is 4.30. The summed E-state index contributed by atoms with van der Waals surface area (Å²) in [6, 6.07) is 14.6. The highest BCUT2D eigenvalue weighted by Gasteiger charge is 2.08. The molecule has 0 saturated carbocycles. The van der Waals surface area contributed by atoms with Crippen molar-refractivity contribution in [3.8, 4) is 17.2 Å². The highest BCUT2D eigenvalue weighted by Crippen LogP contribution is 2.29. The van der Waals surface area contributed by atoms with E-state index in [2.05, 4.69) is 66.8 Å². The van der Waals surface area contributed by atoms with Crippen LogP contribution in [0.4, 0.5) is 0 Å². The third-order valence-corrected chi connectivity index (χ3v) is 3.78. The van der Waals surface area contributed by atoms with Gasteiger partial charge in [-0.1, -0.05) is 19.1 Å². The Kier molecular flexibility index (Phi) is 4.03. The van der Waals surface area contributed by atoms with E-state index >= 15 is 0 Å². The number of benzene rings is 2. The van der Waals surface area contributed by atoms with E-state index in [4.69, 9.17) is 5.26 Å². The van der Waals surface area contributed by atoms with Gasteiger partial charge in [-0.25, -0.2) is 0 Å². The largest absolute Gasteiger partial charge is 0.192 e. The van der Waals surface area contributed by atoms with Crippen molar-refractivity contribution in [2.75, 3.05) is 0 Å². The molecule has 2 heteroatoms. The van der Waals surface area contributed by atoms with Gasteiger partial charge in [-0.15, -0.1) is 0 Å². The fourth-order valence-corrected chi connectivity index (χ4v) is 2.58. The van der Waals surface area contributed by atoms with Gasteiger partial charge in [0, 0.05) is 3.57 Å². The zero-order valence-electron chi connectivity index (χ0n) is 10.5. The van der Waals surface area contributed by atoms with Crippen LogP contribution in [0.15, 0.2) is 36.4 Å². The molecule has 0 aliphatic heterocycles. The van der Waals surface area contributed by atoms with Crippen LogP contribution >= 0.6 is 22.6 Å². The summed E-state index contributed by atoms with van der Waals surface area (Å²) in [5, 5.41) is 9.04. The smallest absolute Gasteiger partial charge is 0.0991 e. The molecule has 0 saturated heterocycles. The van der Waals surface area contributed by atoms with Crippen LogP contribution in [0, 0.1) is 21.8 Å². The minimum absolute atomic E-state index is 0.723. The first-order chi connectivity index (χ1) is 8.65. The molecular formula is C16H14IN. The van der Waals surface area contributed by atoms with Gasteiger partial charge in [0.1, 0.15) is 0 Å². The van der Waals surface area contributed by atoms with Crippen molar-refractivity contribution >= 4 is 22.6 Å². The first kappa shape index (κ1) is 13.1. The Labute approximate surface area is 122 Å². The lowest BCUT2D eigenvalue weighted by Crippen LogP contribution is -1.92. The van der Waals surface area contributed by atoms with Gasteiger partial charge in [-0.05, 0) is 82.5 Å². The third kappa shape index (κ3) is 2.56. The Morgan fingerprint density at radius 1 is 1.11 bits per heavy atom. The van der Waals surface area contributed by atoms with Crippen LogP contribution < -0.4 is 0 Å². The van der Waals surface area contributed by atoms with E-state index in [1.807, 2.05) is 12.1 Å². The molecule has 0 N–H and O–H groups in total. The molecule has 0 aromatic heterocycles. The fourth-order valence-electron chi connectivity index (χ4n) is 2.09. The number of halogens is 1. The van der Waals surface area contributed by atoms with Gasteiger partial charge in [0.15, 0.2) is 0 Å². The molecule has 0 radical (unpaired) electrons. The molecule has 1 nitrogen and oxygen atoms in total. The molecule has 90 valence electrons. The Hall–Kier alpha value is -1.34. The van der Waals surface area contributed by atoms with Crippen LogP contribution in [-0.4, -0.2) is 0 Å². The lowest BCUT2D eigenvalue weighted by molar-refractivity contribution is 1.14. The molecule has 2 rings (SSSR count). The summed E-state index contributed by atoms with van der Waals surface area (Å²) >= 11 is 2.33. The number of aryl methyl sites for hydroxylation is 2. The molecule has 0 aliphatic carbocycles. The summed E-state index contributed by atoms with van der Waals surface area (Å²) in [5.74, 6) is 0. The van der Waals surface area contributed by atoms with Gasteiger partial charge in [-0.2, -0.15) is 5.26 Å². The average molecular weight is 347 g/mol. The third-order valence-electron chi connectivity index (χ3n) is 3.11. The summed E-state index contributed by atoms with van der Waals surface area (Å²) < 4.78 is 1.22. The van der Waals surface area contributed by atoms with E-state index in [0.717, 1.165) is 12.0 Å². The number of hydrogen-bond acceptors (Lipinski definition) is 1. The normalized spacial score (nSPS) is 10.1. The van der Waals surface area contributed by atoms with Gasteiger partial charge >= 0.3 is 0 Å². The lowest BCUT2D eigenvalue weighted by atomic mass is 9.93. The van der Waals surface area contributed by atoms with Crippen molar-refractivity contribution in [1.82, 2.24) is 0 Å². The van der Waals surface area contributed by atoms with Crippen LogP contribution in [0.25, 0.3) is 11.1 Å². The first-order valence-corrected chi connectivity index (χ1v) is 7.03. The van der Waals surface area contributed by atoms with Gasteiger partial charge in [0.25, 0.3) is 0 Å². The van der Waals surface area contributed by atoms with Crippen LogP contribution in [0.3, 0.4) is 0 Å². The number of nitriles is 1. The van der Waals surface area contributed by atoms with Crippen molar-refractivity contribution < 1.29 is 0 Å². The molecule has 0 atom stereocenters. The van der Waals surface area contributed by atoms with Crippen LogP contribution in [0.5, 0.6) is 0 Å². The SMILES string of the molecule is CCc1ccc(C#N)cc1-c1cc(I)ccc1C. The second kappa shape index (κ2) is 5.53. The summed E-state index contributed by atoms with van der Waals surface area (Å²) in [6.45, 7) is 4.26. The molecule has 0 amide bonds. The maximum Gasteiger partial charge on any atom is 0.0991 e. The van der Waals surface area contributed by atoms with Crippen molar-refractivity contribution in [3.63, 3.8) is 0 Å². The van der Waals surface area contributed by atoms with E-state index in [0.29, 0.717) is 0 Å². The van der Waals surface area contributed by atoms with E-state index in [1.165, 1.54) is 25.8 Å². The predicted molar refractivity (Wildman–Crippen MR) is 83.4 cm³/mol. The van der Waals surface area contributed by atoms with Gasteiger partial charge in [-0.3, -0.25) is 0 Å². The van der Waals surface area contributed by atoms with Gasteiger partial charge < -0.3 is 0 Å². The molecule has 2 aromatic carbocycles. The summed E-state index contributed by atoms with van der Waals surface area (Å²) in [7, 11) is 0. The van der Waals surface area contributed by atoms with E-state index < -0.39 is 0 Å². The molecule has 0 unspecified atom stereocenters. The quantitative estimate of drug-likeness (QED) is 0.723. The molecule has 0 fully saturated rings. The zero-order chi connectivity index (χ0) is 13.1. The Morgan fingerprint density at radius 3 is 2.56 bits per heavy atom. The molecular weight excluding hydrogens is 333 g/mol.